The predicted molar refractivity (Wildman–Crippen MR) is 122 cm³/mol. The van der Waals surface area contributed by atoms with E-state index in [0.29, 0.717) is 11.7 Å². The molecule has 1 heterocycles. The van der Waals surface area contributed by atoms with Crippen LogP contribution in [-0.4, -0.2) is 10.1 Å². The third kappa shape index (κ3) is 3.25. The van der Waals surface area contributed by atoms with E-state index in [1.165, 1.54) is 64.2 Å². The number of benzene rings is 3. The molecule has 0 saturated carbocycles. The van der Waals surface area contributed by atoms with Crippen molar-refractivity contribution in [2.24, 2.45) is 0 Å². The van der Waals surface area contributed by atoms with Crippen molar-refractivity contribution in [1.29, 1.82) is 0 Å². The van der Waals surface area contributed by atoms with E-state index in [2.05, 4.69) is 76.3 Å². The highest BCUT2D eigenvalue weighted by Crippen LogP contribution is 2.29. The summed E-state index contributed by atoms with van der Waals surface area (Å²) in [6.45, 7) is 0.715. The summed E-state index contributed by atoms with van der Waals surface area (Å²) in [5, 5.41) is 11.1. The third-order valence-corrected chi connectivity index (χ3v) is 5.90. The van der Waals surface area contributed by atoms with Crippen LogP contribution in [0.15, 0.2) is 60.7 Å². The Morgan fingerprint density at radius 1 is 0.929 bits per heavy atom. The Labute approximate surface area is 170 Å². The van der Waals surface area contributed by atoms with E-state index in [1.54, 1.807) is 0 Å². The van der Waals surface area contributed by atoms with Gasteiger partial charge in [0.15, 0.2) is 5.11 Å². The molecule has 4 heteroatoms. The van der Waals surface area contributed by atoms with Crippen molar-refractivity contribution in [2.45, 2.75) is 32.2 Å². The molecule has 140 valence electrons. The number of aryl methyl sites for hydroxylation is 2. The standard InChI is InChI=1S/C24H23N3S/c28-24(27-21-11-5-7-17-6-1-2-8-18(17)21)25-15-16-12-13-23-20(14-16)19-9-3-4-10-22(19)26-23/h1-2,5-8,11-14,26H,3-4,9-10,15H2,(H2,25,27,28). The molecule has 3 aromatic carbocycles. The maximum Gasteiger partial charge on any atom is 0.171 e. The number of hydrogen-bond acceptors (Lipinski definition) is 1. The molecular weight excluding hydrogens is 362 g/mol. The lowest BCUT2D eigenvalue weighted by atomic mass is 9.95. The normalized spacial score (nSPS) is 13.4. The first-order valence-corrected chi connectivity index (χ1v) is 10.3. The van der Waals surface area contributed by atoms with Crippen molar-refractivity contribution in [2.75, 3.05) is 5.32 Å². The molecule has 1 aromatic heterocycles. The lowest BCUT2D eigenvalue weighted by Crippen LogP contribution is -2.27. The highest BCUT2D eigenvalue weighted by atomic mass is 32.1. The second-order valence-electron chi connectivity index (χ2n) is 7.50. The summed E-state index contributed by atoms with van der Waals surface area (Å²) in [5.41, 5.74) is 6.49. The van der Waals surface area contributed by atoms with Crippen molar-refractivity contribution in [1.82, 2.24) is 10.3 Å². The first-order valence-electron chi connectivity index (χ1n) is 9.93. The van der Waals surface area contributed by atoms with Gasteiger partial charge in [-0.15, -0.1) is 0 Å². The van der Waals surface area contributed by atoms with Crippen LogP contribution in [0.1, 0.15) is 29.7 Å². The van der Waals surface area contributed by atoms with E-state index in [-0.39, 0.29) is 0 Å². The maximum atomic E-state index is 5.55. The molecule has 0 unspecified atom stereocenters. The fraction of sp³-hybridized carbons (Fsp3) is 0.208. The summed E-state index contributed by atoms with van der Waals surface area (Å²) in [6.07, 6.45) is 4.95. The fourth-order valence-electron chi connectivity index (χ4n) is 4.25. The molecule has 0 aliphatic heterocycles. The van der Waals surface area contributed by atoms with Crippen LogP contribution >= 0.6 is 12.2 Å². The molecule has 3 N–H and O–H groups in total. The van der Waals surface area contributed by atoms with Gasteiger partial charge in [-0.05, 0) is 72.6 Å². The summed E-state index contributed by atoms with van der Waals surface area (Å²) < 4.78 is 0. The molecule has 0 atom stereocenters. The molecule has 0 radical (unpaired) electrons. The molecule has 5 rings (SSSR count). The van der Waals surface area contributed by atoms with Gasteiger partial charge in [0.25, 0.3) is 0 Å². The number of H-pyrrole nitrogens is 1. The highest BCUT2D eigenvalue weighted by molar-refractivity contribution is 7.80. The van der Waals surface area contributed by atoms with Crippen LogP contribution in [-0.2, 0) is 19.4 Å². The largest absolute Gasteiger partial charge is 0.358 e. The molecule has 0 fully saturated rings. The number of thiocarbonyl (C=S) groups is 1. The average Bonchev–Trinajstić information content (AvgIpc) is 3.10. The van der Waals surface area contributed by atoms with Gasteiger partial charge < -0.3 is 15.6 Å². The van der Waals surface area contributed by atoms with Crippen LogP contribution in [0.25, 0.3) is 21.7 Å². The fourth-order valence-corrected chi connectivity index (χ4v) is 4.43. The van der Waals surface area contributed by atoms with Crippen molar-refractivity contribution in [3.05, 3.63) is 77.5 Å². The van der Waals surface area contributed by atoms with Crippen molar-refractivity contribution < 1.29 is 0 Å². The van der Waals surface area contributed by atoms with Gasteiger partial charge in [-0.2, -0.15) is 0 Å². The SMILES string of the molecule is S=C(NCc1ccc2[nH]c3c(c2c1)CCCC3)Nc1cccc2ccccc12. The summed E-state index contributed by atoms with van der Waals surface area (Å²) in [7, 11) is 0. The number of fused-ring (bicyclic) bond motifs is 4. The van der Waals surface area contributed by atoms with E-state index in [4.69, 9.17) is 12.2 Å². The molecule has 0 spiro atoms. The Hall–Kier alpha value is -2.85. The van der Waals surface area contributed by atoms with E-state index in [1.807, 2.05) is 0 Å². The molecule has 28 heavy (non-hydrogen) atoms. The third-order valence-electron chi connectivity index (χ3n) is 5.65. The molecule has 1 aliphatic rings. The smallest absolute Gasteiger partial charge is 0.171 e. The summed E-state index contributed by atoms with van der Waals surface area (Å²) in [6, 6.07) is 21.3. The maximum absolute atomic E-state index is 5.55. The van der Waals surface area contributed by atoms with Gasteiger partial charge in [0, 0.05) is 34.2 Å². The van der Waals surface area contributed by atoms with Crippen molar-refractivity contribution in [3.63, 3.8) is 0 Å². The Balaban J connectivity index is 1.31. The summed E-state index contributed by atoms with van der Waals surface area (Å²) in [4.78, 5) is 3.60. The van der Waals surface area contributed by atoms with E-state index in [0.717, 1.165) is 5.69 Å². The minimum absolute atomic E-state index is 0.646. The van der Waals surface area contributed by atoms with Gasteiger partial charge in [0.2, 0.25) is 0 Å². The van der Waals surface area contributed by atoms with Crippen LogP contribution in [0.2, 0.25) is 0 Å². The average molecular weight is 386 g/mol. The van der Waals surface area contributed by atoms with Crippen LogP contribution < -0.4 is 10.6 Å². The van der Waals surface area contributed by atoms with Crippen LogP contribution in [0.5, 0.6) is 0 Å². The zero-order chi connectivity index (χ0) is 18.9. The second kappa shape index (κ2) is 7.28. The van der Waals surface area contributed by atoms with Crippen molar-refractivity contribution >= 4 is 44.7 Å². The molecule has 0 amide bonds. The molecule has 1 aliphatic carbocycles. The molecule has 0 bridgehead atoms. The number of aromatic amines is 1. The highest BCUT2D eigenvalue weighted by Gasteiger charge is 2.15. The Morgan fingerprint density at radius 2 is 1.79 bits per heavy atom. The number of hydrogen-bond donors (Lipinski definition) is 3. The summed E-state index contributed by atoms with van der Waals surface area (Å²) in [5.74, 6) is 0. The molecule has 0 saturated heterocycles. The van der Waals surface area contributed by atoms with Gasteiger partial charge in [-0.1, -0.05) is 42.5 Å². The zero-order valence-electron chi connectivity index (χ0n) is 15.7. The van der Waals surface area contributed by atoms with Crippen LogP contribution in [0, 0.1) is 0 Å². The van der Waals surface area contributed by atoms with Crippen LogP contribution in [0.3, 0.4) is 0 Å². The Morgan fingerprint density at radius 3 is 2.75 bits per heavy atom. The van der Waals surface area contributed by atoms with Gasteiger partial charge in [-0.25, -0.2) is 0 Å². The predicted octanol–water partition coefficient (Wildman–Crippen LogP) is 5.69. The first kappa shape index (κ1) is 17.3. The zero-order valence-corrected chi connectivity index (χ0v) is 16.5. The minimum Gasteiger partial charge on any atom is -0.358 e. The monoisotopic (exact) mass is 385 g/mol. The van der Waals surface area contributed by atoms with E-state index in [9.17, 15) is 0 Å². The van der Waals surface area contributed by atoms with Gasteiger partial charge in [0.05, 0.1) is 0 Å². The lowest BCUT2D eigenvalue weighted by molar-refractivity contribution is 0.680. The van der Waals surface area contributed by atoms with E-state index < -0.39 is 0 Å². The van der Waals surface area contributed by atoms with Crippen molar-refractivity contribution in [3.8, 4) is 0 Å². The topological polar surface area (TPSA) is 39.9 Å². The second-order valence-corrected chi connectivity index (χ2v) is 7.91. The van der Waals surface area contributed by atoms with Gasteiger partial charge in [0.1, 0.15) is 0 Å². The number of anilines is 1. The number of aromatic nitrogens is 1. The van der Waals surface area contributed by atoms with Gasteiger partial charge in [-0.3, -0.25) is 0 Å². The Bertz CT molecular complexity index is 1170. The number of nitrogens with one attached hydrogen (secondary N) is 3. The van der Waals surface area contributed by atoms with Gasteiger partial charge >= 0.3 is 0 Å². The quantitative estimate of drug-likeness (QED) is 0.397. The Kier molecular flexibility index (Phi) is 4.49. The first-order chi connectivity index (χ1) is 13.8. The summed E-state index contributed by atoms with van der Waals surface area (Å²) >= 11 is 5.55. The van der Waals surface area contributed by atoms with Crippen LogP contribution in [0.4, 0.5) is 5.69 Å². The van der Waals surface area contributed by atoms with E-state index >= 15 is 0 Å². The molecular formula is C24H23N3S. The molecule has 4 aromatic rings. The number of rotatable bonds is 3. The molecule has 3 nitrogen and oxygen atoms in total. The minimum atomic E-state index is 0.646. The lowest BCUT2D eigenvalue weighted by Gasteiger charge is -2.13.